The number of fused-ring (bicyclic) bond motifs is 1. The van der Waals surface area contributed by atoms with Gasteiger partial charge in [0.1, 0.15) is 11.5 Å². The molecule has 0 aliphatic carbocycles. The van der Waals surface area contributed by atoms with Crippen molar-refractivity contribution < 1.29 is 4.79 Å². The summed E-state index contributed by atoms with van der Waals surface area (Å²) in [5, 5.41) is 1.80. The standard InChI is InChI=1S/C23H13Cl2N3OS/c24-16-8-6-14(7-9-16)12-19-22(29)28(21(26-19)15-4-2-1-3-5-15)23-27-18-13-17(25)10-11-20(18)30-23/h1-13H. The van der Waals surface area contributed by atoms with E-state index < -0.39 is 0 Å². The van der Waals surface area contributed by atoms with Gasteiger partial charge in [-0.1, -0.05) is 77.0 Å². The van der Waals surface area contributed by atoms with Gasteiger partial charge in [0.25, 0.3) is 5.91 Å². The minimum Gasteiger partial charge on any atom is -0.266 e. The van der Waals surface area contributed by atoms with Gasteiger partial charge in [0.2, 0.25) is 0 Å². The Labute approximate surface area is 186 Å². The van der Waals surface area contributed by atoms with E-state index in [1.807, 2.05) is 54.6 Å². The fourth-order valence-electron chi connectivity index (χ4n) is 3.18. The second-order valence-corrected chi connectivity index (χ2v) is 8.51. The lowest BCUT2D eigenvalue weighted by Gasteiger charge is -2.14. The van der Waals surface area contributed by atoms with Crippen LogP contribution in [0.15, 0.2) is 83.5 Å². The van der Waals surface area contributed by atoms with Crippen molar-refractivity contribution >= 4 is 67.7 Å². The van der Waals surface area contributed by atoms with Crippen LogP contribution in [0.1, 0.15) is 11.1 Å². The SMILES string of the molecule is O=C1C(=Cc2ccc(Cl)cc2)N=C(c2ccccc2)N1c1nc2cc(Cl)ccc2s1. The molecular formula is C23H13Cl2N3OS. The number of aliphatic imine (C=N–C) groups is 1. The van der Waals surface area contributed by atoms with E-state index >= 15 is 0 Å². The number of anilines is 1. The Hall–Kier alpha value is -2.99. The molecule has 0 spiro atoms. The maximum atomic E-state index is 13.4. The van der Waals surface area contributed by atoms with Crippen LogP contribution in [-0.4, -0.2) is 16.7 Å². The first kappa shape index (κ1) is 19.0. The lowest BCUT2D eigenvalue weighted by atomic mass is 10.2. The molecule has 0 fully saturated rings. The predicted octanol–water partition coefficient (Wildman–Crippen LogP) is 6.44. The van der Waals surface area contributed by atoms with Crippen molar-refractivity contribution in [1.29, 1.82) is 0 Å². The Balaban J connectivity index is 1.63. The molecule has 4 aromatic rings. The van der Waals surface area contributed by atoms with Gasteiger partial charge in [0.15, 0.2) is 5.13 Å². The summed E-state index contributed by atoms with van der Waals surface area (Å²) in [6, 6.07) is 22.4. The molecule has 146 valence electrons. The number of amidine groups is 1. The first-order valence-electron chi connectivity index (χ1n) is 9.10. The van der Waals surface area contributed by atoms with E-state index in [1.54, 1.807) is 29.2 Å². The Morgan fingerprint density at radius 2 is 1.63 bits per heavy atom. The van der Waals surface area contributed by atoms with Crippen molar-refractivity contribution in [1.82, 2.24) is 4.98 Å². The number of carbonyl (C=O) groups excluding carboxylic acids is 1. The van der Waals surface area contributed by atoms with Crippen LogP contribution in [0.25, 0.3) is 16.3 Å². The molecule has 3 aromatic carbocycles. The summed E-state index contributed by atoms with van der Waals surface area (Å²) in [5.41, 5.74) is 2.77. The summed E-state index contributed by atoms with van der Waals surface area (Å²) in [6.45, 7) is 0. The van der Waals surface area contributed by atoms with Crippen LogP contribution in [-0.2, 0) is 4.79 Å². The normalized spacial score (nSPS) is 15.3. The third-order valence-corrected chi connectivity index (χ3v) is 6.10. The van der Waals surface area contributed by atoms with Gasteiger partial charge in [-0.15, -0.1) is 0 Å². The summed E-state index contributed by atoms with van der Waals surface area (Å²) in [6.07, 6.45) is 1.76. The van der Waals surface area contributed by atoms with Crippen LogP contribution in [0, 0.1) is 0 Å². The highest BCUT2D eigenvalue weighted by Gasteiger charge is 2.34. The molecule has 0 N–H and O–H groups in total. The first-order valence-corrected chi connectivity index (χ1v) is 10.7. The topological polar surface area (TPSA) is 45.6 Å². The second-order valence-electron chi connectivity index (χ2n) is 6.63. The molecule has 0 saturated carbocycles. The summed E-state index contributed by atoms with van der Waals surface area (Å²) in [4.78, 5) is 24.2. The average Bonchev–Trinajstić information content (AvgIpc) is 3.30. The lowest BCUT2D eigenvalue weighted by Crippen LogP contribution is -2.32. The number of aromatic nitrogens is 1. The van der Waals surface area contributed by atoms with E-state index in [-0.39, 0.29) is 5.91 Å². The molecule has 1 amide bonds. The molecule has 0 bridgehead atoms. The molecule has 1 aromatic heterocycles. The van der Waals surface area contributed by atoms with Crippen LogP contribution >= 0.6 is 34.5 Å². The zero-order chi connectivity index (χ0) is 20.7. The van der Waals surface area contributed by atoms with Crippen LogP contribution in [0.3, 0.4) is 0 Å². The van der Waals surface area contributed by atoms with Crippen molar-refractivity contribution in [2.45, 2.75) is 0 Å². The molecule has 0 unspecified atom stereocenters. The molecule has 1 aliphatic rings. The van der Waals surface area contributed by atoms with Crippen LogP contribution < -0.4 is 4.90 Å². The highest BCUT2D eigenvalue weighted by Crippen LogP contribution is 2.35. The first-order chi connectivity index (χ1) is 14.6. The predicted molar refractivity (Wildman–Crippen MR) is 125 cm³/mol. The van der Waals surface area contributed by atoms with Crippen LogP contribution in [0.4, 0.5) is 5.13 Å². The molecule has 4 nitrogen and oxygen atoms in total. The fraction of sp³-hybridized carbons (Fsp3) is 0. The van der Waals surface area contributed by atoms with Crippen molar-refractivity contribution in [3.05, 3.63) is 99.7 Å². The minimum absolute atomic E-state index is 0.228. The second kappa shape index (κ2) is 7.69. The average molecular weight is 450 g/mol. The third kappa shape index (κ3) is 3.52. The highest BCUT2D eigenvalue weighted by molar-refractivity contribution is 7.22. The minimum atomic E-state index is -0.228. The molecule has 2 heterocycles. The maximum Gasteiger partial charge on any atom is 0.284 e. The van der Waals surface area contributed by atoms with Crippen LogP contribution in [0.2, 0.25) is 10.0 Å². The number of carbonyl (C=O) groups is 1. The number of benzene rings is 3. The Bertz CT molecular complexity index is 1330. The summed E-state index contributed by atoms with van der Waals surface area (Å²) < 4.78 is 0.949. The van der Waals surface area contributed by atoms with Crippen molar-refractivity contribution in [3.8, 4) is 0 Å². The third-order valence-electron chi connectivity index (χ3n) is 4.60. The van der Waals surface area contributed by atoms with E-state index in [1.165, 1.54) is 11.3 Å². The Kier molecular flexibility index (Phi) is 4.87. The smallest absolute Gasteiger partial charge is 0.266 e. The number of rotatable bonds is 3. The van der Waals surface area contributed by atoms with Crippen molar-refractivity contribution in [3.63, 3.8) is 0 Å². The van der Waals surface area contributed by atoms with Gasteiger partial charge in [-0.2, -0.15) is 0 Å². The van der Waals surface area contributed by atoms with Gasteiger partial charge < -0.3 is 0 Å². The number of amides is 1. The molecule has 0 atom stereocenters. The van der Waals surface area contributed by atoms with Gasteiger partial charge in [0, 0.05) is 15.6 Å². The van der Waals surface area contributed by atoms with Gasteiger partial charge >= 0.3 is 0 Å². The van der Waals surface area contributed by atoms with E-state index in [0.717, 1.165) is 21.3 Å². The Morgan fingerprint density at radius 3 is 2.40 bits per heavy atom. The number of thiazole rings is 1. The largest absolute Gasteiger partial charge is 0.284 e. The Morgan fingerprint density at radius 1 is 0.900 bits per heavy atom. The molecule has 7 heteroatoms. The molecular weight excluding hydrogens is 437 g/mol. The van der Waals surface area contributed by atoms with Crippen molar-refractivity contribution in [2.75, 3.05) is 4.90 Å². The number of nitrogens with zero attached hydrogens (tertiary/aromatic N) is 3. The van der Waals surface area contributed by atoms with E-state index in [4.69, 9.17) is 23.2 Å². The number of halogens is 2. The van der Waals surface area contributed by atoms with E-state index in [2.05, 4.69) is 9.98 Å². The lowest BCUT2D eigenvalue weighted by molar-refractivity contribution is -0.113. The van der Waals surface area contributed by atoms with Crippen LogP contribution in [0.5, 0.6) is 0 Å². The summed E-state index contributed by atoms with van der Waals surface area (Å²) >= 11 is 13.5. The van der Waals surface area contributed by atoms with Gasteiger partial charge in [-0.3, -0.25) is 4.79 Å². The summed E-state index contributed by atoms with van der Waals surface area (Å²) in [5.74, 6) is 0.319. The number of hydrogen-bond donors (Lipinski definition) is 0. The highest BCUT2D eigenvalue weighted by atomic mass is 35.5. The van der Waals surface area contributed by atoms with E-state index in [0.29, 0.717) is 26.7 Å². The molecule has 0 radical (unpaired) electrons. The zero-order valence-electron chi connectivity index (χ0n) is 15.4. The molecule has 1 aliphatic heterocycles. The quantitative estimate of drug-likeness (QED) is 0.338. The molecule has 30 heavy (non-hydrogen) atoms. The fourth-order valence-corrected chi connectivity index (χ4v) is 4.41. The zero-order valence-corrected chi connectivity index (χ0v) is 17.7. The monoisotopic (exact) mass is 449 g/mol. The molecule has 0 saturated heterocycles. The molecule has 5 rings (SSSR count). The van der Waals surface area contributed by atoms with Gasteiger partial charge in [-0.25, -0.2) is 14.9 Å². The van der Waals surface area contributed by atoms with Gasteiger partial charge in [-0.05, 0) is 42.0 Å². The maximum absolute atomic E-state index is 13.4. The summed E-state index contributed by atoms with van der Waals surface area (Å²) in [7, 11) is 0. The van der Waals surface area contributed by atoms with E-state index in [9.17, 15) is 4.79 Å². The van der Waals surface area contributed by atoms with Crippen molar-refractivity contribution in [2.24, 2.45) is 4.99 Å². The number of hydrogen-bond acceptors (Lipinski definition) is 4. The van der Waals surface area contributed by atoms with Gasteiger partial charge in [0.05, 0.1) is 10.2 Å².